The number of hydrogen-bond acceptors (Lipinski definition) is 2. The number of carbonyl (C=O) groups excluding carboxylic acids is 1. The largest absolute Gasteiger partial charge is 0.342 e. The SMILES string of the molecule is CCN1CCC(N(C)C(=O)Cc2ccc(Cl)c(Cl)c2)CC1. The zero-order valence-electron chi connectivity index (χ0n) is 12.6. The van der Waals surface area contributed by atoms with Gasteiger partial charge in [0.05, 0.1) is 16.5 Å². The fourth-order valence-corrected chi connectivity index (χ4v) is 3.10. The monoisotopic (exact) mass is 328 g/mol. The van der Waals surface area contributed by atoms with Gasteiger partial charge < -0.3 is 9.80 Å². The molecule has 1 aromatic carbocycles. The van der Waals surface area contributed by atoms with Gasteiger partial charge in [0.15, 0.2) is 0 Å². The maximum atomic E-state index is 12.4. The lowest BCUT2D eigenvalue weighted by Gasteiger charge is -2.36. The minimum Gasteiger partial charge on any atom is -0.342 e. The highest BCUT2D eigenvalue weighted by Crippen LogP contribution is 2.23. The van der Waals surface area contributed by atoms with Gasteiger partial charge in [-0.15, -0.1) is 0 Å². The van der Waals surface area contributed by atoms with Crippen LogP contribution in [0.1, 0.15) is 25.3 Å². The van der Waals surface area contributed by atoms with Crippen LogP contribution in [0.5, 0.6) is 0 Å². The first-order chi connectivity index (χ1) is 10.0. The van der Waals surface area contributed by atoms with Crippen molar-refractivity contribution >= 4 is 29.1 Å². The summed E-state index contributed by atoms with van der Waals surface area (Å²) in [6.07, 6.45) is 2.48. The molecule has 0 spiro atoms. The second-order valence-corrected chi connectivity index (χ2v) is 6.41. The number of hydrogen-bond donors (Lipinski definition) is 0. The van der Waals surface area contributed by atoms with E-state index in [1.807, 2.05) is 18.0 Å². The number of rotatable bonds is 4. The molecule has 0 radical (unpaired) electrons. The van der Waals surface area contributed by atoms with Crippen molar-refractivity contribution in [2.75, 3.05) is 26.7 Å². The van der Waals surface area contributed by atoms with Crippen molar-refractivity contribution in [1.82, 2.24) is 9.80 Å². The first-order valence-electron chi connectivity index (χ1n) is 7.43. The van der Waals surface area contributed by atoms with E-state index in [4.69, 9.17) is 23.2 Å². The smallest absolute Gasteiger partial charge is 0.226 e. The second kappa shape index (κ2) is 7.48. The lowest BCUT2D eigenvalue weighted by atomic mass is 10.0. The maximum Gasteiger partial charge on any atom is 0.226 e. The van der Waals surface area contributed by atoms with Crippen LogP contribution in [-0.2, 0) is 11.2 Å². The number of piperidine rings is 1. The van der Waals surface area contributed by atoms with E-state index in [-0.39, 0.29) is 5.91 Å². The van der Waals surface area contributed by atoms with Gasteiger partial charge in [0, 0.05) is 26.2 Å². The van der Waals surface area contributed by atoms with E-state index in [0.29, 0.717) is 22.5 Å². The molecular formula is C16H22Cl2N2O. The number of carbonyl (C=O) groups is 1. The zero-order chi connectivity index (χ0) is 15.4. The molecule has 1 aliphatic rings. The van der Waals surface area contributed by atoms with E-state index >= 15 is 0 Å². The molecule has 1 heterocycles. The number of likely N-dealkylation sites (N-methyl/N-ethyl adjacent to an activating group) is 1. The molecule has 1 aromatic rings. The predicted molar refractivity (Wildman–Crippen MR) is 88.1 cm³/mol. The van der Waals surface area contributed by atoms with Crippen LogP contribution in [0.4, 0.5) is 0 Å². The minimum absolute atomic E-state index is 0.142. The molecule has 1 amide bonds. The van der Waals surface area contributed by atoms with Gasteiger partial charge in [-0.3, -0.25) is 4.79 Å². The average Bonchev–Trinajstić information content (AvgIpc) is 2.50. The highest BCUT2D eigenvalue weighted by molar-refractivity contribution is 6.42. The highest BCUT2D eigenvalue weighted by Gasteiger charge is 2.24. The Labute approximate surface area is 136 Å². The molecule has 0 bridgehead atoms. The van der Waals surface area contributed by atoms with Crippen LogP contribution in [-0.4, -0.2) is 48.4 Å². The molecule has 5 heteroatoms. The lowest BCUT2D eigenvalue weighted by Crippen LogP contribution is -2.45. The molecular weight excluding hydrogens is 307 g/mol. The van der Waals surface area contributed by atoms with Crippen LogP contribution in [0.15, 0.2) is 18.2 Å². The minimum atomic E-state index is 0.142. The summed E-state index contributed by atoms with van der Waals surface area (Å²) in [5, 5.41) is 1.02. The summed E-state index contributed by atoms with van der Waals surface area (Å²) >= 11 is 11.9. The number of benzene rings is 1. The van der Waals surface area contributed by atoms with Gasteiger partial charge >= 0.3 is 0 Å². The summed E-state index contributed by atoms with van der Waals surface area (Å²) in [5.74, 6) is 0.142. The first-order valence-corrected chi connectivity index (χ1v) is 8.18. The summed E-state index contributed by atoms with van der Waals surface area (Å²) in [6, 6.07) is 5.73. The Morgan fingerprint density at radius 2 is 1.95 bits per heavy atom. The van der Waals surface area contributed by atoms with Crippen molar-refractivity contribution in [2.24, 2.45) is 0 Å². The van der Waals surface area contributed by atoms with E-state index in [1.165, 1.54) is 0 Å². The zero-order valence-corrected chi connectivity index (χ0v) is 14.1. The van der Waals surface area contributed by atoms with Crippen molar-refractivity contribution in [3.63, 3.8) is 0 Å². The first kappa shape index (κ1) is 16.6. The molecule has 1 saturated heterocycles. The van der Waals surface area contributed by atoms with Crippen LogP contribution >= 0.6 is 23.2 Å². The molecule has 0 N–H and O–H groups in total. The molecule has 1 aliphatic heterocycles. The quantitative estimate of drug-likeness (QED) is 0.844. The summed E-state index contributed by atoms with van der Waals surface area (Å²) < 4.78 is 0. The van der Waals surface area contributed by atoms with Crippen LogP contribution in [0, 0.1) is 0 Å². The Morgan fingerprint density at radius 3 is 2.52 bits per heavy atom. The Kier molecular flexibility index (Phi) is 5.91. The van der Waals surface area contributed by atoms with Gasteiger partial charge in [0.1, 0.15) is 0 Å². The topological polar surface area (TPSA) is 23.6 Å². The van der Waals surface area contributed by atoms with Crippen LogP contribution in [0.2, 0.25) is 10.0 Å². The predicted octanol–water partition coefficient (Wildman–Crippen LogP) is 3.48. The summed E-state index contributed by atoms with van der Waals surface area (Å²) in [4.78, 5) is 16.7. The van der Waals surface area contributed by atoms with Crippen molar-refractivity contribution in [2.45, 2.75) is 32.2 Å². The van der Waals surface area contributed by atoms with Gasteiger partial charge in [-0.2, -0.15) is 0 Å². The third kappa shape index (κ3) is 4.35. The van der Waals surface area contributed by atoms with E-state index in [2.05, 4.69) is 11.8 Å². The molecule has 0 atom stereocenters. The molecule has 1 fully saturated rings. The molecule has 0 unspecified atom stereocenters. The van der Waals surface area contributed by atoms with Gasteiger partial charge in [-0.05, 0) is 37.1 Å². The fraction of sp³-hybridized carbons (Fsp3) is 0.562. The van der Waals surface area contributed by atoms with E-state index in [1.54, 1.807) is 12.1 Å². The average molecular weight is 329 g/mol. The third-order valence-electron chi connectivity index (χ3n) is 4.28. The van der Waals surface area contributed by atoms with E-state index in [9.17, 15) is 4.79 Å². The summed E-state index contributed by atoms with van der Waals surface area (Å²) in [6.45, 7) is 5.42. The van der Waals surface area contributed by atoms with Crippen LogP contribution in [0.25, 0.3) is 0 Å². The molecule has 116 valence electrons. The molecule has 3 nitrogen and oxygen atoms in total. The van der Waals surface area contributed by atoms with Crippen LogP contribution < -0.4 is 0 Å². The van der Waals surface area contributed by atoms with E-state index in [0.717, 1.165) is 38.0 Å². The number of halogens is 2. The van der Waals surface area contributed by atoms with Crippen molar-refractivity contribution in [3.8, 4) is 0 Å². The van der Waals surface area contributed by atoms with Gasteiger partial charge in [-0.25, -0.2) is 0 Å². The molecule has 0 saturated carbocycles. The Morgan fingerprint density at radius 1 is 1.29 bits per heavy atom. The van der Waals surface area contributed by atoms with Crippen LogP contribution in [0.3, 0.4) is 0 Å². The standard InChI is InChI=1S/C16H22Cl2N2O/c1-3-20-8-6-13(7-9-20)19(2)16(21)11-12-4-5-14(17)15(18)10-12/h4-5,10,13H,3,6-9,11H2,1-2H3. The Hall–Kier alpha value is -0.770. The summed E-state index contributed by atoms with van der Waals surface area (Å²) in [5.41, 5.74) is 0.909. The number of amides is 1. The second-order valence-electron chi connectivity index (χ2n) is 5.60. The number of nitrogens with zero attached hydrogens (tertiary/aromatic N) is 2. The maximum absolute atomic E-state index is 12.4. The van der Waals surface area contributed by atoms with Gasteiger partial charge in [0.25, 0.3) is 0 Å². The molecule has 2 rings (SSSR count). The molecule has 0 aromatic heterocycles. The van der Waals surface area contributed by atoms with Gasteiger partial charge in [0.2, 0.25) is 5.91 Å². The van der Waals surface area contributed by atoms with E-state index < -0.39 is 0 Å². The normalized spacial score (nSPS) is 17.0. The molecule has 0 aliphatic carbocycles. The highest BCUT2D eigenvalue weighted by atomic mass is 35.5. The number of likely N-dealkylation sites (tertiary alicyclic amines) is 1. The third-order valence-corrected chi connectivity index (χ3v) is 5.02. The molecule has 21 heavy (non-hydrogen) atoms. The van der Waals surface area contributed by atoms with Crippen molar-refractivity contribution < 1.29 is 4.79 Å². The Balaban J connectivity index is 1.92. The fourth-order valence-electron chi connectivity index (χ4n) is 2.78. The van der Waals surface area contributed by atoms with Crippen molar-refractivity contribution in [3.05, 3.63) is 33.8 Å². The Bertz CT molecular complexity index is 499. The lowest BCUT2D eigenvalue weighted by molar-refractivity contribution is -0.132. The van der Waals surface area contributed by atoms with Gasteiger partial charge in [-0.1, -0.05) is 36.2 Å². The summed E-state index contributed by atoms with van der Waals surface area (Å²) in [7, 11) is 1.91. The van der Waals surface area contributed by atoms with Crippen molar-refractivity contribution in [1.29, 1.82) is 0 Å².